The van der Waals surface area contributed by atoms with Crippen LogP contribution >= 0.6 is 0 Å². The Bertz CT molecular complexity index is 343. The minimum atomic E-state index is -0.976. The molecule has 94 valence electrons. The van der Waals surface area contributed by atoms with Crippen molar-refractivity contribution in [3.8, 4) is 0 Å². The van der Waals surface area contributed by atoms with Crippen LogP contribution in [0.15, 0.2) is 12.7 Å². The van der Waals surface area contributed by atoms with E-state index in [4.69, 9.17) is 5.11 Å². The average Bonchev–Trinajstić information content (AvgIpc) is 2.88. The van der Waals surface area contributed by atoms with E-state index in [9.17, 15) is 9.59 Å². The van der Waals surface area contributed by atoms with E-state index in [1.165, 1.54) is 4.90 Å². The van der Waals surface area contributed by atoms with Crippen LogP contribution < -0.4 is 5.32 Å². The van der Waals surface area contributed by atoms with Crippen LogP contribution in [0.1, 0.15) is 19.3 Å². The molecule has 5 nitrogen and oxygen atoms in total. The smallest absolute Gasteiger partial charge is 0.323 e. The molecular formula is C12H18N2O3. The predicted molar refractivity (Wildman–Crippen MR) is 62.5 cm³/mol. The zero-order chi connectivity index (χ0) is 12.4. The molecule has 3 unspecified atom stereocenters. The second kappa shape index (κ2) is 4.87. The Morgan fingerprint density at radius 1 is 1.47 bits per heavy atom. The van der Waals surface area contributed by atoms with Gasteiger partial charge in [-0.15, -0.1) is 6.58 Å². The SMILES string of the molecule is C=CCN(CC(=O)O)C(=O)C1CC2CCC1N2. The third-order valence-corrected chi connectivity index (χ3v) is 3.60. The third kappa shape index (κ3) is 2.49. The Morgan fingerprint density at radius 3 is 2.71 bits per heavy atom. The summed E-state index contributed by atoms with van der Waals surface area (Å²) in [4.78, 5) is 24.3. The predicted octanol–water partition coefficient (Wildman–Crippen LogP) is 0.226. The topological polar surface area (TPSA) is 69.6 Å². The first kappa shape index (κ1) is 12.1. The van der Waals surface area contributed by atoms with Gasteiger partial charge in [0.15, 0.2) is 0 Å². The lowest BCUT2D eigenvalue weighted by molar-refractivity contribution is -0.146. The van der Waals surface area contributed by atoms with E-state index in [0.29, 0.717) is 12.6 Å². The molecule has 2 rings (SSSR count). The molecule has 0 spiro atoms. The summed E-state index contributed by atoms with van der Waals surface area (Å²) in [6.45, 7) is 3.63. The molecule has 0 saturated carbocycles. The van der Waals surface area contributed by atoms with Crippen LogP contribution in [0.5, 0.6) is 0 Å². The van der Waals surface area contributed by atoms with Crippen LogP contribution in [0, 0.1) is 5.92 Å². The highest BCUT2D eigenvalue weighted by atomic mass is 16.4. The Labute approximate surface area is 100 Å². The zero-order valence-corrected chi connectivity index (χ0v) is 9.76. The lowest BCUT2D eigenvalue weighted by Gasteiger charge is -2.26. The van der Waals surface area contributed by atoms with Crippen molar-refractivity contribution in [3.05, 3.63) is 12.7 Å². The van der Waals surface area contributed by atoms with Crippen LogP contribution in [0.4, 0.5) is 0 Å². The number of rotatable bonds is 5. The van der Waals surface area contributed by atoms with Crippen LogP contribution in [-0.4, -0.2) is 47.1 Å². The largest absolute Gasteiger partial charge is 0.480 e. The molecule has 2 aliphatic rings. The highest BCUT2D eigenvalue weighted by molar-refractivity contribution is 5.84. The zero-order valence-electron chi connectivity index (χ0n) is 9.76. The second-order valence-electron chi connectivity index (χ2n) is 4.79. The molecule has 5 heteroatoms. The molecule has 0 radical (unpaired) electrons. The number of carbonyl (C=O) groups is 2. The number of carboxylic acid groups (broad SMARTS) is 1. The van der Waals surface area contributed by atoms with E-state index in [1.54, 1.807) is 6.08 Å². The van der Waals surface area contributed by atoms with E-state index in [-0.39, 0.29) is 24.4 Å². The van der Waals surface area contributed by atoms with E-state index >= 15 is 0 Å². The highest BCUT2D eigenvalue weighted by Gasteiger charge is 2.44. The van der Waals surface area contributed by atoms with E-state index in [2.05, 4.69) is 11.9 Å². The molecule has 2 fully saturated rings. The number of aliphatic carboxylic acids is 1. The van der Waals surface area contributed by atoms with Crippen LogP contribution in [0.3, 0.4) is 0 Å². The Balaban J connectivity index is 2.00. The summed E-state index contributed by atoms with van der Waals surface area (Å²) < 4.78 is 0. The number of carboxylic acids is 1. The lowest BCUT2D eigenvalue weighted by Crippen LogP contribution is -2.43. The van der Waals surface area contributed by atoms with Gasteiger partial charge in [0.05, 0.1) is 5.92 Å². The number of hydrogen-bond acceptors (Lipinski definition) is 3. The summed E-state index contributed by atoms with van der Waals surface area (Å²) in [7, 11) is 0. The Hall–Kier alpha value is -1.36. The minimum absolute atomic E-state index is 0.0481. The van der Waals surface area contributed by atoms with Gasteiger partial charge in [-0.25, -0.2) is 0 Å². The Morgan fingerprint density at radius 2 is 2.24 bits per heavy atom. The summed E-state index contributed by atoms with van der Waals surface area (Å²) in [5, 5.41) is 12.2. The second-order valence-corrected chi connectivity index (χ2v) is 4.79. The molecule has 1 amide bonds. The fourth-order valence-corrected chi connectivity index (χ4v) is 2.88. The van der Waals surface area contributed by atoms with Crippen molar-refractivity contribution < 1.29 is 14.7 Å². The average molecular weight is 238 g/mol. The molecule has 2 heterocycles. The number of nitrogens with zero attached hydrogens (tertiary/aromatic N) is 1. The maximum absolute atomic E-state index is 12.2. The van der Waals surface area contributed by atoms with Crippen molar-refractivity contribution in [1.29, 1.82) is 0 Å². The van der Waals surface area contributed by atoms with Crippen molar-refractivity contribution >= 4 is 11.9 Å². The van der Waals surface area contributed by atoms with Crippen molar-refractivity contribution in [3.63, 3.8) is 0 Å². The monoisotopic (exact) mass is 238 g/mol. The fraction of sp³-hybridized carbons (Fsp3) is 0.667. The van der Waals surface area contributed by atoms with Gasteiger partial charge in [0.2, 0.25) is 5.91 Å². The van der Waals surface area contributed by atoms with E-state index in [1.807, 2.05) is 0 Å². The van der Waals surface area contributed by atoms with Gasteiger partial charge in [-0.1, -0.05) is 6.08 Å². The summed E-state index contributed by atoms with van der Waals surface area (Å²) in [5.74, 6) is -1.07. The molecule has 0 aromatic heterocycles. The maximum atomic E-state index is 12.2. The van der Waals surface area contributed by atoms with E-state index < -0.39 is 5.97 Å². The van der Waals surface area contributed by atoms with Crippen molar-refractivity contribution in [2.24, 2.45) is 5.92 Å². The van der Waals surface area contributed by atoms with Gasteiger partial charge in [-0.3, -0.25) is 9.59 Å². The molecule has 2 bridgehead atoms. The standard InChI is InChI=1S/C12H18N2O3/c1-2-5-14(7-11(15)16)12(17)9-6-8-3-4-10(9)13-8/h2,8-10,13H,1,3-7H2,(H,15,16). The first-order chi connectivity index (χ1) is 8.11. The van der Waals surface area contributed by atoms with Gasteiger partial charge < -0.3 is 15.3 Å². The Kier molecular flexibility index (Phi) is 3.47. The molecule has 2 aliphatic heterocycles. The molecule has 2 saturated heterocycles. The summed E-state index contributed by atoms with van der Waals surface area (Å²) >= 11 is 0. The third-order valence-electron chi connectivity index (χ3n) is 3.60. The molecule has 0 aromatic carbocycles. The maximum Gasteiger partial charge on any atom is 0.323 e. The number of hydrogen-bond donors (Lipinski definition) is 2. The first-order valence-electron chi connectivity index (χ1n) is 5.99. The van der Waals surface area contributed by atoms with Crippen molar-refractivity contribution in [2.45, 2.75) is 31.3 Å². The quantitative estimate of drug-likeness (QED) is 0.673. The minimum Gasteiger partial charge on any atom is -0.480 e. The molecule has 0 aliphatic carbocycles. The van der Waals surface area contributed by atoms with Crippen LogP contribution in [0.2, 0.25) is 0 Å². The van der Waals surface area contributed by atoms with Gasteiger partial charge >= 0.3 is 5.97 Å². The van der Waals surface area contributed by atoms with Gasteiger partial charge in [0.25, 0.3) is 0 Å². The number of carbonyl (C=O) groups excluding carboxylic acids is 1. The lowest BCUT2D eigenvalue weighted by atomic mass is 9.88. The van der Waals surface area contributed by atoms with Gasteiger partial charge in [-0.05, 0) is 19.3 Å². The highest BCUT2D eigenvalue weighted by Crippen LogP contribution is 2.34. The number of amides is 1. The first-order valence-corrected chi connectivity index (χ1v) is 5.99. The summed E-state index contributed by atoms with van der Waals surface area (Å²) in [6.07, 6.45) is 4.57. The van der Waals surface area contributed by atoms with Gasteiger partial charge in [0, 0.05) is 18.6 Å². The molecule has 3 atom stereocenters. The summed E-state index contributed by atoms with van der Waals surface area (Å²) in [6, 6.07) is 0.693. The number of nitrogens with one attached hydrogen (secondary N) is 1. The summed E-state index contributed by atoms with van der Waals surface area (Å²) in [5.41, 5.74) is 0. The van der Waals surface area contributed by atoms with Gasteiger partial charge in [-0.2, -0.15) is 0 Å². The van der Waals surface area contributed by atoms with Crippen molar-refractivity contribution in [1.82, 2.24) is 10.2 Å². The van der Waals surface area contributed by atoms with Gasteiger partial charge in [0.1, 0.15) is 6.54 Å². The molecule has 0 aromatic rings. The normalized spacial score (nSPS) is 30.2. The fourth-order valence-electron chi connectivity index (χ4n) is 2.88. The number of fused-ring (bicyclic) bond motifs is 2. The molecule has 17 heavy (non-hydrogen) atoms. The van der Waals surface area contributed by atoms with E-state index in [0.717, 1.165) is 19.3 Å². The molecular weight excluding hydrogens is 220 g/mol. The van der Waals surface area contributed by atoms with Crippen molar-refractivity contribution in [2.75, 3.05) is 13.1 Å². The molecule has 2 N–H and O–H groups in total. The van der Waals surface area contributed by atoms with Crippen LogP contribution in [-0.2, 0) is 9.59 Å². The van der Waals surface area contributed by atoms with Crippen LogP contribution in [0.25, 0.3) is 0 Å².